The maximum absolute atomic E-state index is 12.9. The van der Waals surface area contributed by atoms with Gasteiger partial charge in [-0.05, 0) is 37.6 Å². The molecule has 2 aromatic carbocycles. The first kappa shape index (κ1) is 19.0. The number of hydrogen-bond acceptors (Lipinski definition) is 4. The number of thioether (sulfide) groups is 1. The second-order valence-corrected chi connectivity index (χ2v) is 8.90. The fourth-order valence-electron chi connectivity index (χ4n) is 3.70. The molecule has 1 unspecified atom stereocenters. The smallest absolute Gasteiger partial charge is 0.254 e. The zero-order valence-corrected chi connectivity index (χ0v) is 17.1. The van der Waals surface area contributed by atoms with Gasteiger partial charge in [0, 0.05) is 43.2 Å². The summed E-state index contributed by atoms with van der Waals surface area (Å²) in [5, 5.41) is 2.81. The van der Waals surface area contributed by atoms with Gasteiger partial charge in [-0.1, -0.05) is 29.8 Å². The summed E-state index contributed by atoms with van der Waals surface area (Å²) in [5.74, 6) is 0.0303. The van der Waals surface area contributed by atoms with Gasteiger partial charge in [0.1, 0.15) is 0 Å². The number of carbonyl (C=O) groups excluding carboxylic acids is 2. The van der Waals surface area contributed by atoms with Crippen molar-refractivity contribution in [2.24, 2.45) is 0 Å². The molecule has 1 N–H and O–H groups in total. The molecule has 5 nitrogen and oxygen atoms in total. The SMILES string of the molecule is Cc1cccc(CN2CCN(C(=O)c3ccc4c(c3)NC(=O)C(C)S4)CC2)c1. The number of piperazine rings is 1. The van der Waals surface area contributed by atoms with E-state index >= 15 is 0 Å². The highest BCUT2D eigenvalue weighted by molar-refractivity contribution is 8.00. The van der Waals surface area contributed by atoms with E-state index in [9.17, 15) is 9.59 Å². The van der Waals surface area contributed by atoms with Gasteiger partial charge >= 0.3 is 0 Å². The minimum Gasteiger partial charge on any atom is -0.336 e. The molecule has 0 aromatic heterocycles. The van der Waals surface area contributed by atoms with Gasteiger partial charge in [-0.15, -0.1) is 11.8 Å². The normalized spacial score (nSPS) is 19.9. The van der Waals surface area contributed by atoms with Gasteiger partial charge in [0.2, 0.25) is 5.91 Å². The zero-order valence-electron chi connectivity index (χ0n) is 16.3. The standard InChI is InChI=1S/C22H25N3O2S/c1-15-4-3-5-17(12-15)14-24-8-10-25(11-9-24)22(27)18-6-7-20-19(13-18)23-21(26)16(2)28-20/h3-7,12-13,16H,8-11,14H2,1-2H3,(H,23,26). The van der Waals surface area contributed by atoms with Crippen LogP contribution < -0.4 is 5.32 Å². The predicted molar refractivity (Wildman–Crippen MR) is 113 cm³/mol. The quantitative estimate of drug-likeness (QED) is 0.866. The summed E-state index contributed by atoms with van der Waals surface area (Å²) >= 11 is 1.53. The van der Waals surface area contributed by atoms with E-state index in [-0.39, 0.29) is 17.1 Å². The van der Waals surface area contributed by atoms with Crippen LogP contribution in [0.4, 0.5) is 5.69 Å². The number of aryl methyl sites for hydroxylation is 1. The van der Waals surface area contributed by atoms with E-state index in [1.54, 1.807) is 0 Å². The third-order valence-electron chi connectivity index (χ3n) is 5.31. The summed E-state index contributed by atoms with van der Waals surface area (Å²) in [5.41, 5.74) is 3.98. The van der Waals surface area contributed by atoms with Gasteiger partial charge in [0.15, 0.2) is 0 Å². The first-order valence-electron chi connectivity index (χ1n) is 9.68. The maximum atomic E-state index is 12.9. The van der Waals surface area contributed by atoms with E-state index < -0.39 is 0 Å². The molecule has 0 radical (unpaired) electrons. The predicted octanol–water partition coefficient (Wildman–Crippen LogP) is 3.39. The monoisotopic (exact) mass is 395 g/mol. The number of rotatable bonds is 3. The van der Waals surface area contributed by atoms with Crippen LogP contribution in [0.2, 0.25) is 0 Å². The molecule has 1 fully saturated rings. The van der Waals surface area contributed by atoms with Crippen LogP contribution in [0.15, 0.2) is 47.4 Å². The van der Waals surface area contributed by atoms with Crippen molar-refractivity contribution in [1.29, 1.82) is 0 Å². The lowest BCUT2D eigenvalue weighted by molar-refractivity contribution is -0.115. The highest BCUT2D eigenvalue weighted by atomic mass is 32.2. The summed E-state index contributed by atoms with van der Waals surface area (Å²) in [4.78, 5) is 30.2. The summed E-state index contributed by atoms with van der Waals surface area (Å²) < 4.78 is 0. The van der Waals surface area contributed by atoms with E-state index in [2.05, 4.69) is 41.4 Å². The molecule has 0 spiro atoms. The topological polar surface area (TPSA) is 52.6 Å². The first-order chi connectivity index (χ1) is 13.5. The molecule has 0 aliphatic carbocycles. The van der Waals surface area contributed by atoms with Gasteiger partial charge < -0.3 is 10.2 Å². The van der Waals surface area contributed by atoms with Crippen LogP contribution in [0.25, 0.3) is 0 Å². The Labute approximate surface area is 170 Å². The van der Waals surface area contributed by atoms with Crippen molar-refractivity contribution in [2.75, 3.05) is 31.5 Å². The Kier molecular flexibility index (Phi) is 5.42. The zero-order chi connectivity index (χ0) is 19.7. The summed E-state index contributed by atoms with van der Waals surface area (Å²) in [7, 11) is 0. The molecule has 2 aromatic rings. The molecule has 0 saturated carbocycles. The van der Waals surface area contributed by atoms with Gasteiger partial charge in [0.25, 0.3) is 5.91 Å². The van der Waals surface area contributed by atoms with Crippen molar-refractivity contribution in [2.45, 2.75) is 30.5 Å². The van der Waals surface area contributed by atoms with E-state index in [4.69, 9.17) is 0 Å². The van der Waals surface area contributed by atoms with Gasteiger partial charge in [-0.3, -0.25) is 14.5 Å². The molecule has 2 heterocycles. The molecular formula is C22H25N3O2S. The first-order valence-corrected chi connectivity index (χ1v) is 10.6. The number of benzene rings is 2. The minimum atomic E-state index is -0.101. The van der Waals surface area contributed by atoms with Crippen LogP contribution >= 0.6 is 11.8 Å². The van der Waals surface area contributed by atoms with Crippen LogP contribution in [-0.2, 0) is 11.3 Å². The number of anilines is 1. The molecule has 28 heavy (non-hydrogen) atoms. The lowest BCUT2D eigenvalue weighted by Crippen LogP contribution is -2.48. The highest BCUT2D eigenvalue weighted by Gasteiger charge is 2.26. The average molecular weight is 396 g/mol. The van der Waals surface area contributed by atoms with Crippen molar-refractivity contribution in [3.8, 4) is 0 Å². The van der Waals surface area contributed by atoms with Gasteiger partial charge in [-0.25, -0.2) is 0 Å². The molecular weight excluding hydrogens is 370 g/mol. The molecule has 1 saturated heterocycles. The van der Waals surface area contributed by atoms with Gasteiger partial charge in [-0.2, -0.15) is 0 Å². The van der Waals surface area contributed by atoms with Crippen LogP contribution in [-0.4, -0.2) is 53.0 Å². The van der Waals surface area contributed by atoms with E-state index in [1.807, 2.05) is 30.0 Å². The fourth-order valence-corrected chi connectivity index (χ4v) is 4.63. The second kappa shape index (κ2) is 7.97. The lowest BCUT2D eigenvalue weighted by atomic mass is 10.1. The molecule has 146 valence electrons. The van der Waals surface area contributed by atoms with E-state index in [1.165, 1.54) is 22.9 Å². The van der Waals surface area contributed by atoms with Crippen molar-refractivity contribution < 1.29 is 9.59 Å². The maximum Gasteiger partial charge on any atom is 0.254 e. The lowest BCUT2D eigenvalue weighted by Gasteiger charge is -2.35. The Morgan fingerprint density at radius 2 is 1.93 bits per heavy atom. The third-order valence-corrected chi connectivity index (χ3v) is 6.48. The number of hydrogen-bond donors (Lipinski definition) is 1. The van der Waals surface area contributed by atoms with Crippen molar-refractivity contribution in [3.63, 3.8) is 0 Å². The number of amides is 2. The molecule has 6 heteroatoms. The van der Waals surface area contributed by atoms with E-state index in [0.29, 0.717) is 5.56 Å². The highest BCUT2D eigenvalue weighted by Crippen LogP contribution is 2.36. The Balaban J connectivity index is 1.38. The molecule has 2 aliphatic rings. The average Bonchev–Trinajstić information content (AvgIpc) is 2.69. The van der Waals surface area contributed by atoms with E-state index in [0.717, 1.165) is 43.3 Å². The molecule has 0 bridgehead atoms. The summed E-state index contributed by atoms with van der Waals surface area (Å²) in [6.45, 7) is 8.10. The van der Waals surface area contributed by atoms with Crippen LogP contribution in [0.5, 0.6) is 0 Å². The second-order valence-electron chi connectivity index (χ2n) is 7.52. The summed E-state index contributed by atoms with van der Waals surface area (Å²) in [6.07, 6.45) is 0. The largest absolute Gasteiger partial charge is 0.336 e. The van der Waals surface area contributed by atoms with Gasteiger partial charge in [0.05, 0.1) is 10.9 Å². The third kappa shape index (κ3) is 4.08. The Hall–Kier alpha value is -2.31. The Morgan fingerprint density at radius 1 is 1.14 bits per heavy atom. The van der Waals surface area contributed by atoms with Crippen LogP contribution in [0, 0.1) is 6.92 Å². The summed E-state index contributed by atoms with van der Waals surface area (Å²) in [6, 6.07) is 14.2. The van der Waals surface area contributed by atoms with Crippen molar-refractivity contribution >= 4 is 29.3 Å². The Morgan fingerprint density at radius 3 is 2.68 bits per heavy atom. The van der Waals surface area contributed by atoms with Crippen molar-refractivity contribution in [1.82, 2.24) is 9.80 Å². The molecule has 4 rings (SSSR count). The molecule has 2 aliphatic heterocycles. The van der Waals surface area contributed by atoms with Crippen LogP contribution in [0.3, 0.4) is 0 Å². The minimum absolute atomic E-state index is 0.00754. The number of carbonyl (C=O) groups is 2. The fraction of sp³-hybridized carbons (Fsp3) is 0.364. The molecule has 2 amide bonds. The molecule has 1 atom stereocenters. The Bertz CT molecular complexity index is 906. The van der Waals surface area contributed by atoms with Crippen LogP contribution in [0.1, 0.15) is 28.4 Å². The van der Waals surface area contributed by atoms with Crippen molar-refractivity contribution in [3.05, 3.63) is 59.2 Å². The number of nitrogens with one attached hydrogen (secondary N) is 1. The number of fused-ring (bicyclic) bond motifs is 1. The number of nitrogens with zero attached hydrogens (tertiary/aromatic N) is 2.